The summed E-state index contributed by atoms with van der Waals surface area (Å²) in [5.41, 5.74) is 0.855. The van der Waals surface area contributed by atoms with Crippen LogP contribution in [0, 0.1) is 20.2 Å². The van der Waals surface area contributed by atoms with E-state index in [1.807, 2.05) is 0 Å². The minimum atomic E-state index is -1.64. The van der Waals surface area contributed by atoms with E-state index in [2.05, 4.69) is 10.5 Å². The number of aliphatic hydroxyl groups is 4. The second-order valence-corrected chi connectivity index (χ2v) is 5.05. The first-order chi connectivity index (χ1) is 11.8. The lowest BCUT2D eigenvalue weighted by Crippen LogP contribution is -2.40. The molecule has 13 heteroatoms. The molecule has 1 fully saturated rings. The van der Waals surface area contributed by atoms with Crippen molar-refractivity contribution in [3.8, 4) is 0 Å². The number of hydrazone groups is 1. The Morgan fingerprint density at radius 1 is 1.28 bits per heavy atom. The highest BCUT2D eigenvalue weighted by Gasteiger charge is 2.44. The molecule has 1 heterocycles. The van der Waals surface area contributed by atoms with Gasteiger partial charge in [0, 0.05) is 6.07 Å². The summed E-state index contributed by atoms with van der Waals surface area (Å²) < 4.78 is 5.02. The minimum Gasteiger partial charge on any atom is -0.469 e. The number of non-ortho nitro benzene ring substituents is 1. The molecule has 0 spiro atoms. The summed E-state index contributed by atoms with van der Waals surface area (Å²) in [6.07, 6.45) is -6.04. The van der Waals surface area contributed by atoms with Crippen molar-refractivity contribution in [2.75, 3.05) is 12.0 Å². The second-order valence-electron chi connectivity index (χ2n) is 5.05. The summed E-state index contributed by atoms with van der Waals surface area (Å²) in [7, 11) is 0. The Kier molecular flexibility index (Phi) is 5.43. The summed E-state index contributed by atoms with van der Waals surface area (Å²) in [5.74, 6) is -0.474. The van der Waals surface area contributed by atoms with Gasteiger partial charge in [-0.2, -0.15) is 0 Å². The molecule has 0 radical (unpaired) electrons. The number of ether oxygens (including phenoxy) is 1. The molecule has 13 nitrogen and oxygen atoms in total. The van der Waals surface area contributed by atoms with Crippen LogP contribution in [-0.2, 0) is 4.74 Å². The Hall–Kier alpha value is -2.87. The van der Waals surface area contributed by atoms with Crippen molar-refractivity contribution < 1.29 is 35.0 Å². The van der Waals surface area contributed by atoms with Gasteiger partial charge in [-0.1, -0.05) is 0 Å². The minimum absolute atomic E-state index is 0.223. The van der Waals surface area contributed by atoms with Gasteiger partial charge in [0.2, 0.25) is 5.90 Å². The van der Waals surface area contributed by atoms with Crippen molar-refractivity contribution in [1.29, 1.82) is 0 Å². The molecule has 25 heavy (non-hydrogen) atoms. The van der Waals surface area contributed by atoms with Gasteiger partial charge in [0.15, 0.2) is 12.2 Å². The molecule has 1 aliphatic heterocycles. The molecule has 1 aromatic rings. The first-order valence-electron chi connectivity index (χ1n) is 6.84. The van der Waals surface area contributed by atoms with Crippen LogP contribution in [0.4, 0.5) is 17.1 Å². The zero-order valence-electron chi connectivity index (χ0n) is 12.4. The Labute approximate surface area is 139 Å². The number of anilines is 1. The van der Waals surface area contributed by atoms with Crippen LogP contribution in [0.2, 0.25) is 0 Å². The Morgan fingerprint density at radius 2 is 1.96 bits per heavy atom. The van der Waals surface area contributed by atoms with Gasteiger partial charge in [-0.15, -0.1) is 5.10 Å². The zero-order valence-corrected chi connectivity index (χ0v) is 12.4. The van der Waals surface area contributed by atoms with E-state index >= 15 is 0 Å². The van der Waals surface area contributed by atoms with Gasteiger partial charge >= 0.3 is 5.69 Å². The highest BCUT2D eigenvalue weighted by molar-refractivity contribution is 5.84. The molecule has 136 valence electrons. The lowest BCUT2D eigenvalue weighted by atomic mass is 10.1. The number of rotatable bonds is 6. The lowest BCUT2D eigenvalue weighted by Gasteiger charge is -2.17. The number of aliphatic hydroxyl groups excluding tert-OH is 4. The van der Waals surface area contributed by atoms with Crippen molar-refractivity contribution in [1.82, 2.24) is 0 Å². The van der Waals surface area contributed by atoms with Gasteiger partial charge in [0.25, 0.3) is 5.69 Å². The fourth-order valence-corrected chi connectivity index (χ4v) is 2.10. The number of benzene rings is 1. The van der Waals surface area contributed by atoms with E-state index in [0.717, 1.165) is 18.2 Å². The Morgan fingerprint density at radius 3 is 2.52 bits per heavy atom. The van der Waals surface area contributed by atoms with Crippen LogP contribution in [-0.4, -0.2) is 67.2 Å². The van der Waals surface area contributed by atoms with Gasteiger partial charge < -0.3 is 25.2 Å². The molecule has 0 bridgehead atoms. The topological polar surface area (TPSA) is 201 Å². The number of nitrogens with zero attached hydrogens (tertiary/aromatic N) is 3. The predicted molar refractivity (Wildman–Crippen MR) is 80.8 cm³/mol. The normalized spacial score (nSPS) is 25.4. The third kappa shape index (κ3) is 3.80. The molecule has 0 unspecified atom stereocenters. The number of nitro benzene ring substituents is 2. The third-order valence-electron chi connectivity index (χ3n) is 3.41. The Bertz CT molecular complexity index is 710. The summed E-state index contributed by atoms with van der Waals surface area (Å²) in [6.45, 7) is -0.733. The van der Waals surface area contributed by atoms with Crippen LogP contribution in [0.3, 0.4) is 0 Å². The van der Waals surface area contributed by atoms with Crippen LogP contribution in [0.15, 0.2) is 23.3 Å². The van der Waals surface area contributed by atoms with Crippen LogP contribution in [0.5, 0.6) is 0 Å². The number of hydrogen-bond donors (Lipinski definition) is 5. The fraction of sp³-hybridized carbons (Fsp3) is 0.417. The maximum Gasteiger partial charge on any atom is 0.301 e. The molecule has 0 aliphatic carbocycles. The molecule has 5 N–H and O–H groups in total. The van der Waals surface area contributed by atoms with Gasteiger partial charge in [-0.05, 0) is 6.07 Å². The second kappa shape index (κ2) is 7.35. The molecular weight excluding hydrogens is 344 g/mol. The fourth-order valence-electron chi connectivity index (χ4n) is 2.10. The van der Waals surface area contributed by atoms with Gasteiger partial charge in [0.05, 0.1) is 22.5 Å². The molecular formula is C12H14N4O9. The SMILES string of the molecule is O=[N+]([O-])c1ccc(N/N=C2/O[C@@H]([C@@H](O)CO)[C@H](O)[C@H]2O)c([N+](=O)[O-])c1. The number of nitrogens with one attached hydrogen (secondary N) is 1. The molecule has 1 saturated heterocycles. The molecule has 1 aliphatic rings. The largest absolute Gasteiger partial charge is 0.469 e. The molecule has 0 aromatic heterocycles. The van der Waals surface area contributed by atoms with E-state index in [1.165, 1.54) is 0 Å². The van der Waals surface area contributed by atoms with Crippen molar-refractivity contribution in [3.05, 3.63) is 38.4 Å². The quantitative estimate of drug-likeness (QED) is 0.300. The third-order valence-corrected chi connectivity index (χ3v) is 3.41. The molecule has 0 saturated carbocycles. The zero-order chi connectivity index (χ0) is 18.7. The van der Waals surface area contributed by atoms with Crippen molar-refractivity contribution in [2.45, 2.75) is 24.4 Å². The first-order valence-corrected chi connectivity index (χ1v) is 6.84. The average molecular weight is 358 g/mol. The van der Waals surface area contributed by atoms with E-state index in [1.54, 1.807) is 0 Å². The molecule has 4 atom stereocenters. The van der Waals surface area contributed by atoms with Crippen molar-refractivity contribution in [3.63, 3.8) is 0 Å². The molecule has 0 amide bonds. The van der Waals surface area contributed by atoms with Crippen molar-refractivity contribution in [2.24, 2.45) is 5.10 Å². The van der Waals surface area contributed by atoms with E-state index in [0.29, 0.717) is 0 Å². The monoisotopic (exact) mass is 358 g/mol. The average Bonchev–Trinajstić information content (AvgIpc) is 2.87. The first kappa shape index (κ1) is 18.5. The van der Waals surface area contributed by atoms with Crippen LogP contribution >= 0.6 is 0 Å². The number of hydrogen-bond acceptors (Lipinski definition) is 11. The maximum atomic E-state index is 11.0. The summed E-state index contributed by atoms with van der Waals surface area (Å²) in [6, 6.07) is 2.77. The smallest absolute Gasteiger partial charge is 0.301 e. The number of nitro groups is 2. The summed E-state index contributed by atoms with van der Waals surface area (Å²) >= 11 is 0. The van der Waals surface area contributed by atoms with Crippen LogP contribution in [0.25, 0.3) is 0 Å². The van der Waals surface area contributed by atoms with E-state index in [-0.39, 0.29) is 5.69 Å². The van der Waals surface area contributed by atoms with E-state index in [4.69, 9.17) is 9.84 Å². The van der Waals surface area contributed by atoms with Crippen LogP contribution in [0.1, 0.15) is 0 Å². The summed E-state index contributed by atoms with van der Waals surface area (Å²) in [4.78, 5) is 20.0. The standard InChI is InChI=1S/C12H14N4O9/c17-4-8(18)11-9(19)10(20)12(25-11)14-13-6-2-1-5(15(21)22)3-7(6)16(23)24/h1-3,8-11,13,17-20H,4H2/b14-12+/t8-,9+,10+,11-/m0/s1. The van der Waals surface area contributed by atoms with Crippen molar-refractivity contribution >= 4 is 23.0 Å². The molecule has 1 aromatic carbocycles. The predicted octanol–water partition coefficient (Wildman–Crippen LogP) is -1.30. The van der Waals surface area contributed by atoms with Crippen LogP contribution < -0.4 is 5.43 Å². The highest BCUT2D eigenvalue weighted by atomic mass is 16.6. The van der Waals surface area contributed by atoms with Gasteiger partial charge in [-0.25, -0.2) is 0 Å². The maximum absolute atomic E-state index is 11.0. The summed E-state index contributed by atoms with van der Waals surface area (Å²) in [5, 5.41) is 63.1. The molecule has 2 rings (SSSR count). The van der Waals surface area contributed by atoms with Gasteiger partial charge in [-0.3, -0.25) is 25.7 Å². The van der Waals surface area contributed by atoms with E-state index in [9.17, 15) is 35.5 Å². The van der Waals surface area contributed by atoms with Gasteiger partial charge in [0.1, 0.15) is 17.9 Å². The van der Waals surface area contributed by atoms with E-state index < -0.39 is 58.1 Å². The highest BCUT2D eigenvalue weighted by Crippen LogP contribution is 2.29. The lowest BCUT2D eigenvalue weighted by molar-refractivity contribution is -0.393. The Balaban J connectivity index is 2.24.